The van der Waals surface area contributed by atoms with Gasteiger partial charge in [-0.25, -0.2) is 0 Å². The van der Waals surface area contributed by atoms with Gasteiger partial charge in [-0.1, -0.05) is 0 Å². The molecule has 6 nitrogen and oxygen atoms in total. The number of ketones is 2. The van der Waals surface area contributed by atoms with Crippen molar-refractivity contribution >= 4 is 22.9 Å². The lowest BCUT2D eigenvalue weighted by molar-refractivity contribution is -0.115. The fraction of sp³-hybridized carbons (Fsp3) is 0. The van der Waals surface area contributed by atoms with Crippen LogP contribution in [-0.4, -0.2) is 21.8 Å². The Hall–Kier alpha value is -3.54. The zero-order valence-corrected chi connectivity index (χ0v) is 12.5. The summed E-state index contributed by atoms with van der Waals surface area (Å²) in [5.41, 5.74) is 1.48. The summed E-state index contributed by atoms with van der Waals surface area (Å²) in [4.78, 5) is 24.4. The highest BCUT2D eigenvalue weighted by atomic mass is 16.3. The summed E-state index contributed by atoms with van der Waals surface area (Å²) in [6.07, 6.45) is 2.44. The number of phenols is 2. The molecule has 120 valence electrons. The van der Waals surface area contributed by atoms with Crippen molar-refractivity contribution in [1.82, 2.24) is 0 Å². The van der Waals surface area contributed by atoms with Gasteiger partial charge >= 0.3 is 0 Å². The third-order valence-corrected chi connectivity index (χ3v) is 3.37. The molecule has 24 heavy (non-hydrogen) atoms. The van der Waals surface area contributed by atoms with Crippen LogP contribution in [0.3, 0.4) is 0 Å². The van der Waals surface area contributed by atoms with Crippen LogP contribution in [0.1, 0.15) is 0 Å². The van der Waals surface area contributed by atoms with Crippen LogP contribution < -0.4 is 10.6 Å². The Kier molecular flexibility index (Phi) is 4.03. The summed E-state index contributed by atoms with van der Waals surface area (Å²) in [5.74, 6) is -0.463. The van der Waals surface area contributed by atoms with Crippen molar-refractivity contribution in [2.45, 2.75) is 0 Å². The van der Waals surface area contributed by atoms with Crippen LogP contribution in [0.25, 0.3) is 0 Å². The molecule has 0 unspecified atom stereocenters. The Morgan fingerprint density at radius 3 is 1.25 bits per heavy atom. The maximum atomic E-state index is 12.2. The molecule has 0 atom stereocenters. The Labute approximate surface area is 137 Å². The third-order valence-electron chi connectivity index (χ3n) is 3.37. The van der Waals surface area contributed by atoms with Gasteiger partial charge in [0.1, 0.15) is 11.5 Å². The summed E-state index contributed by atoms with van der Waals surface area (Å²) < 4.78 is 0. The summed E-state index contributed by atoms with van der Waals surface area (Å²) in [7, 11) is 0. The molecule has 0 heterocycles. The molecule has 0 bridgehead atoms. The highest BCUT2D eigenvalue weighted by molar-refractivity contribution is 6.21. The van der Waals surface area contributed by atoms with E-state index in [4.69, 9.17) is 0 Å². The van der Waals surface area contributed by atoms with E-state index in [-0.39, 0.29) is 34.5 Å². The average molecular weight is 322 g/mol. The topological polar surface area (TPSA) is 98.7 Å². The minimum Gasteiger partial charge on any atom is -0.508 e. The van der Waals surface area contributed by atoms with Crippen LogP contribution in [0.15, 0.2) is 72.1 Å². The van der Waals surface area contributed by atoms with Crippen molar-refractivity contribution in [3.8, 4) is 11.5 Å². The maximum absolute atomic E-state index is 12.2. The van der Waals surface area contributed by atoms with Gasteiger partial charge in [-0.15, -0.1) is 0 Å². The van der Waals surface area contributed by atoms with Gasteiger partial charge in [0.15, 0.2) is 0 Å². The van der Waals surface area contributed by atoms with Crippen LogP contribution in [0.2, 0.25) is 0 Å². The number of hydrogen-bond acceptors (Lipinski definition) is 6. The third kappa shape index (κ3) is 3.44. The maximum Gasteiger partial charge on any atom is 0.204 e. The van der Waals surface area contributed by atoms with Crippen LogP contribution in [0.4, 0.5) is 11.4 Å². The van der Waals surface area contributed by atoms with Gasteiger partial charge in [0.2, 0.25) is 11.6 Å². The zero-order chi connectivity index (χ0) is 17.1. The van der Waals surface area contributed by atoms with Crippen molar-refractivity contribution in [1.29, 1.82) is 0 Å². The molecule has 6 heteroatoms. The average Bonchev–Trinajstić information content (AvgIpc) is 2.56. The van der Waals surface area contributed by atoms with E-state index in [1.54, 1.807) is 24.3 Å². The molecule has 0 amide bonds. The molecule has 0 fully saturated rings. The Balaban J connectivity index is 1.73. The van der Waals surface area contributed by atoms with Gasteiger partial charge in [-0.3, -0.25) is 9.59 Å². The smallest absolute Gasteiger partial charge is 0.204 e. The molecule has 4 N–H and O–H groups in total. The number of carbonyl (C=O) groups excluding carboxylic acids is 2. The zero-order valence-electron chi connectivity index (χ0n) is 12.5. The van der Waals surface area contributed by atoms with Crippen molar-refractivity contribution in [3.63, 3.8) is 0 Å². The predicted octanol–water partition coefficient (Wildman–Crippen LogP) is 2.54. The summed E-state index contributed by atoms with van der Waals surface area (Å²) >= 11 is 0. The summed E-state index contributed by atoms with van der Waals surface area (Å²) in [5, 5.41) is 24.2. The van der Waals surface area contributed by atoms with Crippen molar-refractivity contribution < 1.29 is 19.8 Å². The van der Waals surface area contributed by atoms with Crippen molar-refractivity contribution in [3.05, 3.63) is 72.1 Å². The minimum atomic E-state index is -0.344. The molecule has 0 spiro atoms. The molecule has 3 rings (SSSR count). The van der Waals surface area contributed by atoms with E-state index < -0.39 is 0 Å². The fourth-order valence-electron chi connectivity index (χ4n) is 2.16. The number of carbonyl (C=O) groups is 2. The molecule has 0 aliphatic heterocycles. The summed E-state index contributed by atoms with van der Waals surface area (Å²) in [6.45, 7) is 0. The minimum absolute atomic E-state index is 0.112. The van der Waals surface area contributed by atoms with Gasteiger partial charge in [0, 0.05) is 23.5 Å². The highest BCUT2D eigenvalue weighted by Gasteiger charge is 2.20. The standard InChI is InChI=1S/C18H14N2O4/c21-13-5-1-11(2-6-13)19-15-9-18(24)16(10-17(15)23)20-12-3-7-14(22)8-4-12/h1-10,19-22H. The number of nitrogens with one attached hydrogen (secondary N) is 2. The fourth-order valence-corrected chi connectivity index (χ4v) is 2.16. The lowest BCUT2D eigenvalue weighted by atomic mass is 10.1. The van der Waals surface area contributed by atoms with E-state index in [9.17, 15) is 19.8 Å². The van der Waals surface area contributed by atoms with E-state index in [0.29, 0.717) is 11.4 Å². The van der Waals surface area contributed by atoms with E-state index in [2.05, 4.69) is 10.6 Å². The van der Waals surface area contributed by atoms with Crippen LogP contribution in [-0.2, 0) is 9.59 Å². The predicted molar refractivity (Wildman–Crippen MR) is 89.6 cm³/mol. The molecular weight excluding hydrogens is 308 g/mol. The number of allylic oxidation sites excluding steroid dienone is 2. The number of aromatic hydroxyl groups is 2. The number of benzene rings is 2. The Bertz CT molecular complexity index is 776. The second-order valence-electron chi connectivity index (χ2n) is 5.19. The van der Waals surface area contributed by atoms with Gasteiger partial charge < -0.3 is 20.8 Å². The molecule has 0 saturated heterocycles. The monoisotopic (exact) mass is 322 g/mol. The first-order chi connectivity index (χ1) is 11.5. The molecular formula is C18H14N2O4. The molecule has 2 aromatic rings. The first kappa shape index (κ1) is 15.4. The van der Waals surface area contributed by atoms with Crippen LogP contribution in [0, 0.1) is 0 Å². The number of phenolic OH excluding ortho intramolecular Hbond substituents is 2. The number of anilines is 2. The SMILES string of the molecule is O=C1C=C(Nc2ccc(O)cc2)C(=O)C=C1Nc1ccc(O)cc1. The van der Waals surface area contributed by atoms with Gasteiger partial charge in [0.25, 0.3) is 0 Å². The molecule has 1 aliphatic carbocycles. The van der Waals surface area contributed by atoms with Crippen LogP contribution in [0.5, 0.6) is 11.5 Å². The van der Waals surface area contributed by atoms with Crippen molar-refractivity contribution in [2.24, 2.45) is 0 Å². The first-order valence-corrected chi connectivity index (χ1v) is 7.15. The number of rotatable bonds is 4. The molecule has 0 radical (unpaired) electrons. The molecule has 2 aromatic carbocycles. The van der Waals surface area contributed by atoms with E-state index in [1.165, 1.54) is 36.4 Å². The first-order valence-electron chi connectivity index (χ1n) is 7.15. The highest BCUT2D eigenvalue weighted by Crippen LogP contribution is 2.21. The molecule has 1 aliphatic rings. The van der Waals surface area contributed by atoms with E-state index in [0.717, 1.165) is 0 Å². The van der Waals surface area contributed by atoms with Crippen molar-refractivity contribution in [2.75, 3.05) is 10.6 Å². The molecule has 0 saturated carbocycles. The quantitative estimate of drug-likeness (QED) is 0.510. The van der Waals surface area contributed by atoms with Gasteiger partial charge in [-0.2, -0.15) is 0 Å². The Morgan fingerprint density at radius 1 is 0.583 bits per heavy atom. The second kappa shape index (κ2) is 6.29. The largest absolute Gasteiger partial charge is 0.508 e. The lowest BCUT2D eigenvalue weighted by Gasteiger charge is -2.15. The summed E-state index contributed by atoms with van der Waals surface area (Å²) in [6, 6.07) is 12.3. The number of hydrogen-bond donors (Lipinski definition) is 4. The second-order valence-corrected chi connectivity index (χ2v) is 5.19. The van der Waals surface area contributed by atoms with Crippen LogP contribution >= 0.6 is 0 Å². The lowest BCUT2D eigenvalue weighted by Crippen LogP contribution is -2.21. The van der Waals surface area contributed by atoms with E-state index in [1.807, 2.05) is 0 Å². The Morgan fingerprint density at radius 2 is 0.917 bits per heavy atom. The van der Waals surface area contributed by atoms with E-state index >= 15 is 0 Å². The van der Waals surface area contributed by atoms with Gasteiger partial charge in [-0.05, 0) is 48.5 Å². The molecule has 0 aromatic heterocycles. The van der Waals surface area contributed by atoms with Gasteiger partial charge in [0.05, 0.1) is 11.4 Å². The normalized spacial score (nSPS) is 14.0.